The Labute approximate surface area is 199 Å². The van der Waals surface area contributed by atoms with Gasteiger partial charge >= 0.3 is 0 Å². The summed E-state index contributed by atoms with van der Waals surface area (Å²) in [5.41, 5.74) is 2.54. The molecule has 1 saturated heterocycles. The van der Waals surface area contributed by atoms with E-state index >= 15 is 0 Å². The number of aliphatic imine (C=N–C) groups is 1. The minimum atomic E-state index is 0. The molecule has 6 nitrogen and oxygen atoms in total. The van der Waals surface area contributed by atoms with E-state index in [1.165, 1.54) is 11.1 Å². The average molecular weight is 530 g/mol. The van der Waals surface area contributed by atoms with Gasteiger partial charge in [0.15, 0.2) is 5.96 Å². The van der Waals surface area contributed by atoms with Crippen LogP contribution < -0.4 is 10.6 Å². The summed E-state index contributed by atoms with van der Waals surface area (Å²) in [5, 5.41) is 6.83. The van der Waals surface area contributed by atoms with Gasteiger partial charge in [-0.15, -0.1) is 24.0 Å². The molecule has 0 spiro atoms. The highest BCUT2D eigenvalue weighted by molar-refractivity contribution is 14.0. The fourth-order valence-electron chi connectivity index (χ4n) is 3.58. The predicted octanol–water partition coefficient (Wildman–Crippen LogP) is 3.46. The fraction of sp³-hybridized carbons (Fsp3) is 0.652. The summed E-state index contributed by atoms with van der Waals surface area (Å²) < 4.78 is 0. The third-order valence-corrected chi connectivity index (χ3v) is 5.42. The van der Waals surface area contributed by atoms with E-state index in [0.29, 0.717) is 6.54 Å². The van der Waals surface area contributed by atoms with Crippen molar-refractivity contribution in [3.63, 3.8) is 0 Å². The van der Waals surface area contributed by atoms with E-state index in [2.05, 4.69) is 60.6 Å². The largest absolute Gasteiger partial charge is 0.357 e. The number of rotatable bonds is 9. The van der Waals surface area contributed by atoms with E-state index in [0.717, 1.165) is 51.6 Å². The first-order valence-electron chi connectivity index (χ1n) is 11.1. The van der Waals surface area contributed by atoms with E-state index < -0.39 is 0 Å². The van der Waals surface area contributed by atoms with Gasteiger partial charge in [0.05, 0.1) is 6.54 Å². The Hall–Kier alpha value is -1.35. The van der Waals surface area contributed by atoms with Gasteiger partial charge in [-0.25, -0.2) is 4.99 Å². The molecule has 2 N–H and O–H groups in total. The van der Waals surface area contributed by atoms with Crippen molar-refractivity contribution in [3.8, 4) is 0 Å². The van der Waals surface area contributed by atoms with Gasteiger partial charge in [-0.05, 0) is 37.6 Å². The summed E-state index contributed by atoms with van der Waals surface area (Å²) in [6, 6.07) is 9.01. The highest BCUT2D eigenvalue weighted by Crippen LogP contribution is 2.13. The molecule has 1 aromatic rings. The van der Waals surface area contributed by atoms with E-state index in [1.807, 2.05) is 18.7 Å². The highest BCUT2D eigenvalue weighted by atomic mass is 127. The molecule has 1 aliphatic heterocycles. The summed E-state index contributed by atoms with van der Waals surface area (Å²) >= 11 is 0. The molecule has 0 aromatic heterocycles. The SMILES string of the molecule is CCNC(=NCc1ccc(CN(CC)CC)cc1)NC1CCN(C(=O)C(C)C)C1.I. The van der Waals surface area contributed by atoms with Crippen molar-refractivity contribution in [2.24, 2.45) is 10.9 Å². The Balaban J connectivity index is 0.00000450. The van der Waals surface area contributed by atoms with Crippen LogP contribution in [0.5, 0.6) is 0 Å². The van der Waals surface area contributed by atoms with Crippen molar-refractivity contribution in [2.45, 2.75) is 60.2 Å². The van der Waals surface area contributed by atoms with E-state index in [1.54, 1.807) is 0 Å². The van der Waals surface area contributed by atoms with Crippen molar-refractivity contribution in [3.05, 3.63) is 35.4 Å². The Kier molecular flexibility index (Phi) is 12.3. The zero-order valence-corrected chi connectivity index (χ0v) is 21.6. The van der Waals surface area contributed by atoms with Crippen LogP contribution >= 0.6 is 24.0 Å². The first kappa shape index (κ1) is 26.7. The van der Waals surface area contributed by atoms with Crippen molar-refractivity contribution >= 4 is 35.8 Å². The third kappa shape index (κ3) is 8.41. The second kappa shape index (κ2) is 13.9. The van der Waals surface area contributed by atoms with Crippen LogP contribution in [-0.2, 0) is 17.9 Å². The molecular weight excluding hydrogens is 489 g/mol. The maximum Gasteiger partial charge on any atom is 0.225 e. The second-order valence-electron chi connectivity index (χ2n) is 8.04. The predicted molar refractivity (Wildman–Crippen MR) is 136 cm³/mol. The van der Waals surface area contributed by atoms with Gasteiger partial charge < -0.3 is 15.5 Å². The molecule has 170 valence electrons. The van der Waals surface area contributed by atoms with Crippen molar-refractivity contribution in [2.75, 3.05) is 32.7 Å². The minimum Gasteiger partial charge on any atom is -0.357 e. The minimum absolute atomic E-state index is 0. The summed E-state index contributed by atoms with van der Waals surface area (Å²) in [6.45, 7) is 16.6. The quantitative estimate of drug-likeness (QED) is 0.292. The third-order valence-electron chi connectivity index (χ3n) is 5.42. The maximum atomic E-state index is 12.2. The molecule has 1 atom stereocenters. The Bertz CT molecular complexity index is 658. The van der Waals surface area contributed by atoms with Crippen LogP contribution in [-0.4, -0.2) is 60.4 Å². The molecule has 7 heteroatoms. The Morgan fingerprint density at radius 3 is 2.37 bits per heavy atom. The van der Waals surface area contributed by atoms with Crippen LogP contribution in [0.2, 0.25) is 0 Å². The van der Waals surface area contributed by atoms with Crippen LogP contribution in [0.1, 0.15) is 52.2 Å². The lowest BCUT2D eigenvalue weighted by Crippen LogP contribution is -2.45. The molecular formula is C23H40IN5O. The van der Waals surface area contributed by atoms with Crippen LogP contribution in [0.15, 0.2) is 29.3 Å². The van der Waals surface area contributed by atoms with Gasteiger partial charge in [0, 0.05) is 38.1 Å². The van der Waals surface area contributed by atoms with E-state index in [4.69, 9.17) is 4.99 Å². The molecule has 0 radical (unpaired) electrons. The molecule has 1 fully saturated rings. The summed E-state index contributed by atoms with van der Waals surface area (Å²) in [4.78, 5) is 21.3. The van der Waals surface area contributed by atoms with Crippen LogP contribution in [0.3, 0.4) is 0 Å². The number of guanidine groups is 1. The number of carbonyl (C=O) groups excluding carboxylic acids is 1. The van der Waals surface area contributed by atoms with Gasteiger partial charge in [0.2, 0.25) is 5.91 Å². The maximum absolute atomic E-state index is 12.2. The zero-order valence-electron chi connectivity index (χ0n) is 19.3. The second-order valence-corrected chi connectivity index (χ2v) is 8.04. The lowest BCUT2D eigenvalue weighted by Gasteiger charge is -2.20. The molecule has 0 saturated carbocycles. The number of amides is 1. The Morgan fingerprint density at radius 2 is 1.80 bits per heavy atom. The van der Waals surface area contributed by atoms with Gasteiger partial charge in [0.25, 0.3) is 0 Å². The number of hydrogen-bond acceptors (Lipinski definition) is 3. The van der Waals surface area contributed by atoms with Crippen molar-refractivity contribution in [1.82, 2.24) is 20.4 Å². The topological polar surface area (TPSA) is 60.0 Å². The smallest absolute Gasteiger partial charge is 0.225 e. The number of halogens is 1. The monoisotopic (exact) mass is 529 g/mol. The standard InChI is InChI=1S/C23H39N5O.HI/c1-6-24-23(26-21-13-14-28(17-21)22(29)18(4)5)25-15-19-9-11-20(12-10-19)16-27(7-2)8-3;/h9-12,18,21H,6-8,13-17H2,1-5H3,(H2,24,25,26);1H. The van der Waals surface area contributed by atoms with Crippen LogP contribution in [0.4, 0.5) is 0 Å². The molecule has 1 unspecified atom stereocenters. The number of benzene rings is 1. The van der Waals surface area contributed by atoms with E-state index in [-0.39, 0.29) is 41.8 Å². The van der Waals surface area contributed by atoms with Crippen LogP contribution in [0.25, 0.3) is 0 Å². The van der Waals surface area contributed by atoms with Crippen LogP contribution in [0, 0.1) is 5.92 Å². The van der Waals surface area contributed by atoms with Crippen molar-refractivity contribution in [1.29, 1.82) is 0 Å². The lowest BCUT2D eigenvalue weighted by molar-refractivity contribution is -0.133. The molecule has 0 bridgehead atoms. The average Bonchev–Trinajstić information content (AvgIpc) is 3.19. The number of nitrogens with zero attached hydrogens (tertiary/aromatic N) is 3. The molecule has 1 heterocycles. The number of likely N-dealkylation sites (tertiary alicyclic amines) is 1. The molecule has 1 amide bonds. The van der Waals surface area contributed by atoms with Gasteiger partial charge in [0.1, 0.15) is 0 Å². The zero-order chi connectivity index (χ0) is 21.2. The van der Waals surface area contributed by atoms with E-state index in [9.17, 15) is 4.79 Å². The normalized spacial score (nSPS) is 16.7. The molecule has 2 rings (SSSR count). The molecule has 30 heavy (non-hydrogen) atoms. The molecule has 1 aliphatic rings. The lowest BCUT2D eigenvalue weighted by atomic mass is 10.1. The van der Waals surface area contributed by atoms with Gasteiger partial charge in [-0.3, -0.25) is 9.69 Å². The molecule has 0 aliphatic carbocycles. The summed E-state index contributed by atoms with van der Waals surface area (Å²) in [7, 11) is 0. The van der Waals surface area contributed by atoms with Gasteiger partial charge in [-0.2, -0.15) is 0 Å². The number of hydrogen-bond donors (Lipinski definition) is 2. The number of nitrogens with one attached hydrogen (secondary N) is 2. The Morgan fingerprint density at radius 1 is 1.17 bits per heavy atom. The van der Waals surface area contributed by atoms with Crippen molar-refractivity contribution < 1.29 is 4.79 Å². The van der Waals surface area contributed by atoms with Gasteiger partial charge in [-0.1, -0.05) is 52.0 Å². The first-order chi connectivity index (χ1) is 14.0. The summed E-state index contributed by atoms with van der Waals surface area (Å²) in [5.74, 6) is 1.12. The summed E-state index contributed by atoms with van der Waals surface area (Å²) in [6.07, 6.45) is 0.961. The molecule has 1 aromatic carbocycles. The highest BCUT2D eigenvalue weighted by Gasteiger charge is 2.27. The number of carbonyl (C=O) groups is 1. The first-order valence-corrected chi connectivity index (χ1v) is 11.1. The fourth-order valence-corrected chi connectivity index (χ4v) is 3.58.